The van der Waals surface area contributed by atoms with E-state index in [-0.39, 0.29) is 32.4 Å². The van der Waals surface area contributed by atoms with E-state index < -0.39 is 16.5 Å². The summed E-state index contributed by atoms with van der Waals surface area (Å²) in [5.74, 6) is 0. The van der Waals surface area contributed by atoms with E-state index in [0.717, 1.165) is 0 Å². The van der Waals surface area contributed by atoms with Crippen LogP contribution in [0.1, 0.15) is 0 Å². The summed E-state index contributed by atoms with van der Waals surface area (Å²) >= 11 is 0. The van der Waals surface area contributed by atoms with Crippen LogP contribution < -0.4 is 22.0 Å². The Balaban J connectivity index is 2.39. The Bertz CT molecular complexity index is 1570. The van der Waals surface area contributed by atoms with Crippen LogP contribution in [0.25, 0.3) is 43.1 Å². The molecule has 0 aliphatic heterocycles. The average molecular weight is 327 g/mol. The normalized spacial score (nSPS) is 11.8. The van der Waals surface area contributed by atoms with E-state index in [9.17, 15) is 19.2 Å². The van der Waals surface area contributed by atoms with Crippen molar-refractivity contribution in [3.63, 3.8) is 0 Å². The first kappa shape index (κ1) is 13.8. The summed E-state index contributed by atoms with van der Waals surface area (Å²) in [5, 5.41) is 1.98. The van der Waals surface area contributed by atoms with Gasteiger partial charge in [0.15, 0.2) is 10.9 Å². The Labute approximate surface area is 138 Å². The second-order valence-electron chi connectivity index (χ2n) is 6.03. The summed E-state index contributed by atoms with van der Waals surface area (Å²) in [6, 6.07) is 13.4. The lowest BCUT2D eigenvalue weighted by molar-refractivity contribution is 1.26. The standard InChI is InChI=1S/C20H9NO4/c22-17-11-7-3-4-8-12(11)18(23)15-13(17)9-5-1-2-6-10(9)14-16(15)20(25)21-19(14)24/h1-8H,(H,21,24,25). The topological polar surface area (TPSA) is 84.1 Å². The third-order valence-corrected chi connectivity index (χ3v) is 4.77. The fourth-order valence-corrected chi connectivity index (χ4v) is 3.74. The first-order valence-electron chi connectivity index (χ1n) is 7.72. The minimum absolute atomic E-state index is 0.00607. The number of fused-ring (bicyclic) bond motifs is 7. The van der Waals surface area contributed by atoms with Gasteiger partial charge in [0.1, 0.15) is 0 Å². The first-order chi connectivity index (χ1) is 12.1. The Kier molecular flexibility index (Phi) is 2.47. The molecule has 0 saturated heterocycles. The number of aromatic nitrogens is 1. The monoisotopic (exact) mass is 327 g/mol. The van der Waals surface area contributed by atoms with Crippen molar-refractivity contribution in [2.45, 2.75) is 0 Å². The molecule has 5 rings (SSSR count). The first-order valence-corrected chi connectivity index (χ1v) is 7.72. The van der Waals surface area contributed by atoms with E-state index in [1.54, 1.807) is 48.5 Å². The number of nitrogens with one attached hydrogen (secondary N) is 1. The van der Waals surface area contributed by atoms with Crippen molar-refractivity contribution in [2.75, 3.05) is 0 Å². The quantitative estimate of drug-likeness (QED) is 0.348. The summed E-state index contributed by atoms with van der Waals surface area (Å²) in [4.78, 5) is 53.0. The molecular formula is C20H9NO4. The molecule has 1 heterocycles. The highest BCUT2D eigenvalue weighted by Crippen LogP contribution is 2.29. The Morgan fingerprint density at radius 1 is 0.480 bits per heavy atom. The van der Waals surface area contributed by atoms with Gasteiger partial charge in [0.25, 0.3) is 11.1 Å². The largest absolute Gasteiger partial charge is 0.289 e. The summed E-state index contributed by atoms with van der Waals surface area (Å²) in [6.07, 6.45) is 0. The molecule has 0 fully saturated rings. The van der Waals surface area contributed by atoms with Crippen LogP contribution in [-0.2, 0) is 0 Å². The van der Waals surface area contributed by atoms with Crippen LogP contribution in [0.3, 0.4) is 0 Å². The molecule has 25 heavy (non-hydrogen) atoms. The molecule has 0 atom stereocenters. The van der Waals surface area contributed by atoms with Crippen LogP contribution >= 0.6 is 0 Å². The van der Waals surface area contributed by atoms with Crippen molar-refractivity contribution in [2.24, 2.45) is 0 Å². The van der Waals surface area contributed by atoms with Crippen LogP contribution in [0.5, 0.6) is 0 Å². The fourth-order valence-electron chi connectivity index (χ4n) is 3.74. The van der Waals surface area contributed by atoms with Gasteiger partial charge in [-0.2, -0.15) is 0 Å². The van der Waals surface area contributed by atoms with Crippen LogP contribution in [0.2, 0.25) is 0 Å². The van der Waals surface area contributed by atoms with E-state index in [4.69, 9.17) is 0 Å². The van der Waals surface area contributed by atoms with Gasteiger partial charge >= 0.3 is 0 Å². The van der Waals surface area contributed by atoms with E-state index in [0.29, 0.717) is 16.2 Å². The summed E-state index contributed by atoms with van der Waals surface area (Å²) in [6.45, 7) is 0. The summed E-state index contributed by atoms with van der Waals surface area (Å²) in [5.41, 5.74) is -1.89. The zero-order chi connectivity index (χ0) is 17.3. The van der Waals surface area contributed by atoms with Crippen molar-refractivity contribution in [3.8, 4) is 0 Å². The molecule has 4 aromatic carbocycles. The van der Waals surface area contributed by atoms with E-state index in [1.165, 1.54) is 0 Å². The maximum atomic E-state index is 13.1. The van der Waals surface area contributed by atoms with Crippen molar-refractivity contribution in [1.82, 2.24) is 4.98 Å². The van der Waals surface area contributed by atoms with Gasteiger partial charge in [-0.25, -0.2) is 0 Å². The van der Waals surface area contributed by atoms with Gasteiger partial charge in [-0.15, -0.1) is 0 Å². The number of hydrogen-bond donors (Lipinski definition) is 1. The lowest BCUT2D eigenvalue weighted by atomic mass is 9.93. The van der Waals surface area contributed by atoms with Gasteiger partial charge < -0.3 is 0 Å². The van der Waals surface area contributed by atoms with Crippen LogP contribution in [0, 0.1) is 0 Å². The summed E-state index contributed by atoms with van der Waals surface area (Å²) in [7, 11) is 0. The zero-order valence-corrected chi connectivity index (χ0v) is 12.8. The van der Waals surface area contributed by atoms with Crippen molar-refractivity contribution < 1.29 is 0 Å². The van der Waals surface area contributed by atoms with Crippen LogP contribution in [0.15, 0.2) is 67.7 Å². The van der Waals surface area contributed by atoms with Gasteiger partial charge in [-0.05, 0) is 10.8 Å². The minimum atomic E-state index is -0.637. The molecule has 0 bridgehead atoms. The van der Waals surface area contributed by atoms with Gasteiger partial charge in [0.05, 0.1) is 10.8 Å². The predicted molar refractivity (Wildman–Crippen MR) is 98.3 cm³/mol. The van der Waals surface area contributed by atoms with E-state index >= 15 is 0 Å². The maximum absolute atomic E-state index is 13.1. The second kappa shape index (κ2) is 4.48. The zero-order valence-electron chi connectivity index (χ0n) is 12.8. The van der Waals surface area contributed by atoms with Gasteiger partial charge in [0, 0.05) is 21.5 Å². The van der Waals surface area contributed by atoms with Gasteiger partial charge in [-0.3, -0.25) is 24.2 Å². The molecule has 5 aromatic rings. The molecular weight excluding hydrogens is 318 g/mol. The highest BCUT2D eigenvalue weighted by molar-refractivity contribution is 6.26. The number of rotatable bonds is 0. The molecule has 0 aliphatic carbocycles. The predicted octanol–water partition coefficient (Wildman–Crippen LogP) is 1.94. The number of benzene rings is 4. The fraction of sp³-hybridized carbons (Fsp3) is 0. The Morgan fingerprint density at radius 2 is 0.920 bits per heavy atom. The molecule has 0 radical (unpaired) electrons. The van der Waals surface area contributed by atoms with Crippen molar-refractivity contribution in [3.05, 3.63) is 89.7 Å². The molecule has 0 saturated carbocycles. The van der Waals surface area contributed by atoms with E-state index in [2.05, 4.69) is 4.98 Å². The molecule has 0 amide bonds. The Morgan fingerprint density at radius 3 is 1.52 bits per heavy atom. The van der Waals surface area contributed by atoms with E-state index in [1.807, 2.05) is 0 Å². The van der Waals surface area contributed by atoms with Crippen LogP contribution in [0.4, 0.5) is 0 Å². The number of hydrogen-bond acceptors (Lipinski definition) is 4. The van der Waals surface area contributed by atoms with Crippen molar-refractivity contribution >= 4 is 43.1 Å². The highest BCUT2D eigenvalue weighted by atomic mass is 16.2. The number of H-pyrrole nitrogens is 1. The SMILES string of the molecule is O=c1[nH]c(=O)c2c1c1ccccc1c1c(=O)c3ccccc3c(=O)c12. The number of aromatic amines is 1. The van der Waals surface area contributed by atoms with Gasteiger partial charge in [0.2, 0.25) is 0 Å². The molecule has 1 aromatic heterocycles. The third kappa shape index (κ3) is 1.57. The van der Waals surface area contributed by atoms with Gasteiger partial charge in [-0.1, -0.05) is 48.5 Å². The summed E-state index contributed by atoms with van der Waals surface area (Å²) < 4.78 is 0. The smallest absolute Gasteiger partial charge is 0.259 e. The molecule has 118 valence electrons. The average Bonchev–Trinajstić information content (AvgIpc) is 2.93. The van der Waals surface area contributed by atoms with Crippen LogP contribution in [-0.4, -0.2) is 4.98 Å². The maximum Gasteiger partial charge on any atom is 0.259 e. The van der Waals surface area contributed by atoms with Crippen molar-refractivity contribution in [1.29, 1.82) is 0 Å². The Hall–Kier alpha value is -3.60. The molecule has 5 heteroatoms. The lowest BCUT2D eigenvalue weighted by Crippen LogP contribution is -2.15. The molecule has 0 unspecified atom stereocenters. The minimum Gasteiger partial charge on any atom is -0.289 e. The molecule has 0 aliphatic rings. The molecule has 0 spiro atoms. The second-order valence-corrected chi connectivity index (χ2v) is 6.03. The molecule has 1 N–H and O–H groups in total. The lowest BCUT2D eigenvalue weighted by Gasteiger charge is -2.06. The third-order valence-electron chi connectivity index (χ3n) is 4.77. The molecule has 5 nitrogen and oxygen atoms in total. The highest BCUT2D eigenvalue weighted by Gasteiger charge is 2.21.